The van der Waals surface area contributed by atoms with Crippen molar-refractivity contribution in [2.24, 2.45) is 5.73 Å². The second kappa shape index (κ2) is 6.45. The number of hydrogen-bond donors (Lipinski definition) is 4. The Bertz CT molecular complexity index is 649. The fourth-order valence-electron chi connectivity index (χ4n) is 1.08. The zero-order valence-corrected chi connectivity index (χ0v) is 14.0. The quantitative estimate of drug-likeness (QED) is 0.324. The minimum atomic E-state index is -4.64. The van der Waals surface area contributed by atoms with Gasteiger partial charge in [-0.25, -0.2) is 0 Å². The van der Waals surface area contributed by atoms with Gasteiger partial charge in [-0.3, -0.25) is 9.11 Å². The summed E-state index contributed by atoms with van der Waals surface area (Å²) in [6, 6.07) is 2.40. The molecule has 0 aliphatic heterocycles. The van der Waals surface area contributed by atoms with Gasteiger partial charge in [0, 0.05) is 35.2 Å². The molecule has 0 saturated carbocycles. The van der Waals surface area contributed by atoms with Crippen LogP contribution in [0.5, 0.6) is 0 Å². The van der Waals surface area contributed by atoms with E-state index in [1.165, 1.54) is 0 Å². The molecule has 5 N–H and O–H groups in total. The van der Waals surface area contributed by atoms with Gasteiger partial charge in [0.15, 0.2) is 5.11 Å². The van der Waals surface area contributed by atoms with Crippen LogP contribution in [-0.2, 0) is 20.2 Å². The third-order valence-corrected chi connectivity index (χ3v) is 3.51. The van der Waals surface area contributed by atoms with Gasteiger partial charge in [0.2, 0.25) is 0 Å². The Labute approximate surface area is 137 Å². The van der Waals surface area contributed by atoms with Crippen LogP contribution in [0.4, 0.5) is 5.69 Å². The molecule has 0 heterocycles. The summed E-state index contributed by atoms with van der Waals surface area (Å²) in [5, 5.41) is 2.04. The van der Waals surface area contributed by atoms with Gasteiger partial charge in [0.05, 0.1) is 9.79 Å². The van der Waals surface area contributed by atoms with Crippen LogP contribution in [0.25, 0.3) is 0 Å². The molecule has 0 aromatic heterocycles. The van der Waals surface area contributed by atoms with Crippen molar-refractivity contribution >= 4 is 72.8 Å². The fourth-order valence-corrected chi connectivity index (χ4v) is 2.38. The van der Waals surface area contributed by atoms with Crippen LogP contribution in [-0.4, -0.2) is 60.6 Å². The van der Waals surface area contributed by atoms with E-state index in [2.05, 4.69) is 17.5 Å². The zero-order chi connectivity index (χ0) is 14.1. The van der Waals surface area contributed by atoms with Crippen LogP contribution in [0.3, 0.4) is 0 Å². The molecule has 0 atom stereocenters. The molecule has 1 radical (unpaired) electrons. The van der Waals surface area contributed by atoms with Gasteiger partial charge in [0.1, 0.15) is 0 Å². The van der Waals surface area contributed by atoms with Crippen molar-refractivity contribution in [3.05, 3.63) is 18.2 Å². The smallest absolute Gasteiger partial charge is 0.294 e. The first-order chi connectivity index (χ1) is 8.00. The van der Waals surface area contributed by atoms with Crippen molar-refractivity contribution in [3.63, 3.8) is 0 Å². The summed E-state index contributed by atoms with van der Waals surface area (Å²) in [4.78, 5) is -1.45. The van der Waals surface area contributed by atoms with Crippen molar-refractivity contribution in [2.75, 3.05) is 5.32 Å². The Hall–Kier alpha value is -0.270. The van der Waals surface area contributed by atoms with Gasteiger partial charge in [-0.2, -0.15) is 16.8 Å². The molecule has 1 rings (SSSR count). The van der Waals surface area contributed by atoms with Crippen molar-refractivity contribution in [2.45, 2.75) is 9.79 Å². The third-order valence-electron chi connectivity index (χ3n) is 1.74. The van der Waals surface area contributed by atoms with E-state index in [-0.39, 0.29) is 40.4 Å². The van der Waals surface area contributed by atoms with Crippen LogP contribution in [0.2, 0.25) is 0 Å². The molecule has 0 aliphatic rings. The molecular formula is C7H8N2NaO6S3. The molecule has 1 aromatic rings. The van der Waals surface area contributed by atoms with Crippen LogP contribution < -0.4 is 11.1 Å². The number of benzene rings is 1. The molecule has 1 aromatic carbocycles. The van der Waals surface area contributed by atoms with E-state index in [4.69, 9.17) is 14.8 Å². The predicted molar refractivity (Wildman–Crippen MR) is 72.2 cm³/mol. The monoisotopic (exact) mass is 335 g/mol. The molecule has 0 unspecified atom stereocenters. The normalized spacial score (nSPS) is 11.5. The molecule has 101 valence electrons. The fraction of sp³-hybridized carbons (Fsp3) is 0. The molecule has 19 heavy (non-hydrogen) atoms. The number of thiocarbonyl (C=S) groups is 1. The van der Waals surface area contributed by atoms with E-state index in [1.807, 2.05) is 0 Å². The Kier molecular flexibility index (Phi) is 6.36. The maximum absolute atomic E-state index is 10.9. The second-order valence-corrected chi connectivity index (χ2v) is 6.42. The number of hydrogen-bond acceptors (Lipinski definition) is 5. The Morgan fingerprint density at radius 3 is 1.68 bits per heavy atom. The van der Waals surface area contributed by atoms with Crippen LogP contribution in [0.1, 0.15) is 0 Å². The topological polar surface area (TPSA) is 147 Å². The molecule has 0 saturated heterocycles. The van der Waals surface area contributed by atoms with Gasteiger partial charge in [-0.1, -0.05) is 0 Å². The zero-order valence-electron chi connectivity index (χ0n) is 9.56. The molecule has 0 aliphatic carbocycles. The standard InChI is InChI=1S/C7H8N2O6S3.Na/c8-7(16)9-4-1-5(17(10,11)12)3-6(2-4)18(13,14)15;/h1-3H,(H3,8,9,16)(H,10,11,12)(H,13,14,15);. The maximum atomic E-state index is 10.9. The second-order valence-electron chi connectivity index (χ2n) is 3.13. The van der Waals surface area contributed by atoms with E-state index in [0.717, 1.165) is 12.1 Å². The minimum absolute atomic E-state index is 0. The molecule has 12 heteroatoms. The van der Waals surface area contributed by atoms with Crippen LogP contribution in [0, 0.1) is 0 Å². The molecule has 0 fully saturated rings. The maximum Gasteiger partial charge on any atom is 0.294 e. The predicted octanol–water partition coefficient (Wildman–Crippen LogP) is -0.545. The van der Waals surface area contributed by atoms with Gasteiger partial charge < -0.3 is 11.1 Å². The molecule has 8 nitrogen and oxygen atoms in total. The Balaban J connectivity index is 0.00000324. The van der Waals surface area contributed by atoms with Gasteiger partial charge in [-0.05, 0) is 30.4 Å². The van der Waals surface area contributed by atoms with Crippen LogP contribution in [0.15, 0.2) is 28.0 Å². The summed E-state index contributed by atoms with van der Waals surface area (Å²) in [6.07, 6.45) is 0. The number of nitrogens with one attached hydrogen (secondary N) is 1. The number of rotatable bonds is 3. The summed E-state index contributed by atoms with van der Waals surface area (Å²) in [7, 11) is -9.29. The average Bonchev–Trinajstić information content (AvgIpc) is 2.13. The number of nitrogens with two attached hydrogens (primary N) is 1. The summed E-state index contributed by atoms with van der Waals surface area (Å²) in [5.41, 5.74) is 5.03. The third kappa shape index (κ3) is 5.71. The summed E-state index contributed by atoms with van der Waals surface area (Å²) >= 11 is 4.49. The molecule has 0 spiro atoms. The first kappa shape index (κ1) is 18.7. The first-order valence-electron chi connectivity index (χ1n) is 4.16. The van der Waals surface area contributed by atoms with E-state index in [9.17, 15) is 16.8 Å². The van der Waals surface area contributed by atoms with Gasteiger partial charge in [-0.15, -0.1) is 0 Å². The van der Waals surface area contributed by atoms with Crippen molar-refractivity contribution in [1.82, 2.24) is 0 Å². The van der Waals surface area contributed by atoms with Crippen molar-refractivity contribution < 1.29 is 25.9 Å². The van der Waals surface area contributed by atoms with E-state index in [0.29, 0.717) is 6.07 Å². The minimum Gasteiger partial charge on any atom is -0.376 e. The first-order valence-corrected chi connectivity index (χ1v) is 7.45. The van der Waals surface area contributed by atoms with Gasteiger partial charge >= 0.3 is 0 Å². The molecule has 0 bridgehead atoms. The molecule has 0 amide bonds. The summed E-state index contributed by atoms with van der Waals surface area (Å²) in [6.45, 7) is 0. The SMILES string of the molecule is NC(=S)Nc1cc(S(=O)(=O)O)cc(S(=O)(=O)O)c1.[Na]. The average molecular weight is 335 g/mol. The van der Waals surface area contributed by atoms with E-state index in [1.54, 1.807) is 0 Å². The van der Waals surface area contributed by atoms with Crippen LogP contribution >= 0.6 is 12.2 Å². The van der Waals surface area contributed by atoms with Crippen molar-refractivity contribution in [1.29, 1.82) is 0 Å². The van der Waals surface area contributed by atoms with E-state index >= 15 is 0 Å². The summed E-state index contributed by atoms with van der Waals surface area (Å²) < 4.78 is 61.4. The largest absolute Gasteiger partial charge is 0.376 e. The van der Waals surface area contributed by atoms with Gasteiger partial charge in [0.25, 0.3) is 20.2 Å². The molecular weight excluding hydrogens is 327 g/mol. The Morgan fingerprint density at radius 1 is 1.05 bits per heavy atom. The van der Waals surface area contributed by atoms with Crippen molar-refractivity contribution in [3.8, 4) is 0 Å². The summed E-state index contributed by atoms with van der Waals surface area (Å²) in [5.74, 6) is 0. The van der Waals surface area contributed by atoms with E-state index < -0.39 is 30.0 Å². The Morgan fingerprint density at radius 2 is 1.42 bits per heavy atom. The number of anilines is 1.